The predicted molar refractivity (Wildman–Crippen MR) is 97.8 cm³/mol. The van der Waals surface area contributed by atoms with Crippen molar-refractivity contribution < 1.29 is 44.3 Å². The zero-order valence-electron chi connectivity index (χ0n) is 15.0. The zero-order valence-corrected chi connectivity index (χ0v) is 17.7. The van der Waals surface area contributed by atoms with Crippen LogP contribution in [0.3, 0.4) is 0 Å². The number of carbonyl (C=O) groups excluding carboxylic acids is 2. The molecule has 0 aliphatic heterocycles. The van der Waals surface area contributed by atoms with Gasteiger partial charge in [0.1, 0.15) is 0 Å². The molecule has 29 heavy (non-hydrogen) atoms. The minimum absolute atomic E-state index is 0.0344. The van der Waals surface area contributed by atoms with Gasteiger partial charge in [-0.05, 0) is 0 Å². The molecule has 2 rings (SSSR count). The third-order valence-corrected chi connectivity index (χ3v) is 6.77. The number of rotatable bonds is 6. The number of phenolic OH excluding ortho intramolecular Hbond substituents is 1. The number of nitrogens with one attached hydrogen (secondary N) is 1. The second kappa shape index (κ2) is 8.39. The first kappa shape index (κ1) is 22.7. The number of aryl methyl sites for hydroxylation is 1. The molecule has 0 unspecified atom stereocenters. The van der Waals surface area contributed by atoms with Crippen LogP contribution in [-0.4, -0.2) is 47.8 Å². The molecule has 0 radical (unpaired) electrons. The van der Waals surface area contributed by atoms with Gasteiger partial charge in [0.25, 0.3) is 0 Å². The van der Waals surface area contributed by atoms with Crippen LogP contribution >= 0.6 is 0 Å². The SMILES string of the molecule is CC(=O)Nc1c(S(=O)(=O)OOC(=O)c2ccccc2C)ccc([As](=O)(O)O)c1O. The Morgan fingerprint density at radius 2 is 1.72 bits per heavy atom. The van der Waals surface area contributed by atoms with E-state index in [0.717, 1.165) is 6.92 Å². The fourth-order valence-corrected chi connectivity index (χ4v) is 4.50. The molecule has 2 aromatic rings. The standard InChI is InChI=1S/C16H16AsNO10S/c1-9-5-3-4-6-11(9)16(21)27-28-29(25,26)13-8-7-12(17(22,23)24)15(20)14(13)18-10(2)19/h3-8,20H,1-2H3,(H,18,19)(H2,22,23,24). The predicted octanol–water partition coefficient (Wildman–Crippen LogP) is -0.303. The van der Waals surface area contributed by atoms with E-state index in [1.165, 1.54) is 12.1 Å². The first-order valence-electron chi connectivity index (χ1n) is 7.75. The van der Waals surface area contributed by atoms with E-state index in [0.29, 0.717) is 17.7 Å². The molecule has 0 atom stereocenters. The second-order valence-corrected chi connectivity index (χ2v) is 10.5. The number of hydrogen-bond acceptors (Lipinski definition) is 8. The Morgan fingerprint density at radius 1 is 1.10 bits per heavy atom. The molecule has 0 aliphatic rings. The van der Waals surface area contributed by atoms with Crippen LogP contribution in [0.2, 0.25) is 0 Å². The van der Waals surface area contributed by atoms with E-state index < -0.39 is 56.9 Å². The van der Waals surface area contributed by atoms with E-state index >= 15 is 0 Å². The first-order valence-corrected chi connectivity index (χ1v) is 12.5. The van der Waals surface area contributed by atoms with Gasteiger partial charge in [0.2, 0.25) is 0 Å². The fourth-order valence-electron chi connectivity index (χ4n) is 2.26. The third-order valence-electron chi connectivity index (χ3n) is 3.57. The van der Waals surface area contributed by atoms with Crippen molar-refractivity contribution in [1.82, 2.24) is 0 Å². The Labute approximate surface area is 167 Å². The summed E-state index contributed by atoms with van der Waals surface area (Å²) < 4.78 is 58.3. The van der Waals surface area contributed by atoms with E-state index in [-0.39, 0.29) is 5.56 Å². The van der Waals surface area contributed by atoms with Crippen LogP contribution in [-0.2, 0) is 27.9 Å². The summed E-state index contributed by atoms with van der Waals surface area (Å²) in [5, 5.41) is 12.1. The summed E-state index contributed by atoms with van der Waals surface area (Å²) in [6, 6.07) is 7.49. The van der Waals surface area contributed by atoms with Gasteiger partial charge in [0, 0.05) is 0 Å². The van der Waals surface area contributed by atoms with E-state index in [2.05, 4.69) is 9.22 Å². The number of anilines is 1. The fraction of sp³-hybridized carbons (Fsp3) is 0.125. The summed E-state index contributed by atoms with van der Waals surface area (Å²) >= 11 is -5.66. The van der Waals surface area contributed by atoms with Gasteiger partial charge in [-0.15, -0.1) is 0 Å². The van der Waals surface area contributed by atoms with Crippen molar-refractivity contribution in [3.8, 4) is 5.75 Å². The van der Waals surface area contributed by atoms with Gasteiger partial charge in [-0.1, -0.05) is 0 Å². The van der Waals surface area contributed by atoms with E-state index in [1.807, 2.05) is 5.32 Å². The Morgan fingerprint density at radius 3 is 2.28 bits per heavy atom. The molecule has 0 spiro atoms. The average molecular weight is 489 g/mol. The molecule has 0 aromatic heterocycles. The molecule has 13 heteroatoms. The normalized spacial score (nSPS) is 11.7. The summed E-state index contributed by atoms with van der Waals surface area (Å²) in [5.41, 5.74) is -0.304. The summed E-state index contributed by atoms with van der Waals surface area (Å²) in [7, 11) is -4.90. The third kappa shape index (κ3) is 5.25. The number of carbonyl (C=O) groups is 2. The molecule has 0 fully saturated rings. The van der Waals surface area contributed by atoms with Crippen molar-refractivity contribution in [2.24, 2.45) is 0 Å². The van der Waals surface area contributed by atoms with Crippen molar-refractivity contribution in [3.05, 3.63) is 47.5 Å². The van der Waals surface area contributed by atoms with Crippen molar-refractivity contribution in [3.63, 3.8) is 0 Å². The molecule has 11 nitrogen and oxygen atoms in total. The maximum atomic E-state index is 12.4. The van der Waals surface area contributed by atoms with Crippen molar-refractivity contribution in [2.45, 2.75) is 18.7 Å². The van der Waals surface area contributed by atoms with Crippen LogP contribution in [0, 0.1) is 6.92 Å². The molecule has 0 bridgehead atoms. The summed E-state index contributed by atoms with van der Waals surface area (Å²) in [4.78, 5) is 26.9. The molecule has 4 N–H and O–H groups in total. The monoisotopic (exact) mass is 489 g/mol. The van der Waals surface area contributed by atoms with Crippen molar-refractivity contribution >= 4 is 46.2 Å². The molecular weight excluding hydrogens is 473 g/mol. The van der Waals surface area contributed by atoms with Gasteiger partial charge < -0.3 is 0 Å². The van der Waals surface area contributed by atoms with E-state index in [1.54, 1.807) is 19.1 Å². The van der Waals surface area contributed by atoms with Gasteiger partial charge in [-0.25, -0.2) is 0 Å². The number of amides is 1. The Bertz CT molecular complexity index is 1120. The van der Waals surface area contributed by atoms with Crippen LogP contribution < -0.4 is 9.67 Å². The van der Waals surface area contributed by atoms with Crippen LogP contribution in [0.4, 0.5) is 5.69 Å². The number of hydrogen-bond donors (Lipinski definition) is 4. The number of benzene rings is 2. The number of aromatic hydroxyl groups is 1. The van der Waals surface area contributed by atoms with Gasteiger partial charge in [0.15, 0.2) is 0 Å². The van der Waals surface area contributed by atoms with Crippen LogP contribution in [0.15, 0.2) is 41.3 Å². The van der Waals surface area contributed by atoms with Crippen LogP contribution in [0.1, 0.15) is 22.8 Å². The van der Waals surface area contributed by atoms with Crippen molar-refractivity contribution in [1.29, 1.82) is 0 Å². The summed E-state index contributed by atoms with van der Waals surface area (Å²) in [6.45, 7) is 2.56. The van der Waals surface area contributed by atoms with Gasteiger partial charge >= 0.3 is 168 Å². The first-order chi connectivity index (χ1) is 13.3. The van der Waals surface area contributed by atoms with Gasteiger partial charge in [-0.3, -0.25) is 0 Å². The van der Waals surface area contributed by atoms with Gasteiger partial charge in [0.05, 0.1) is 0 Å². The summed E-state index contributed by atoms with van der Waals surface area (Å²) in [6.07, 6.45) is 0. The zero-order chi connectivity index (χ0) is 22.0. The topological polar surface area (TPSA) is 177 Å². The minimum atomic E-state index is -5.66. The Kier molecular flexibility index (Phi) is 6.56. The van der Waals surface area contributed by atoms with E-state index in [9.17, 15) is 35.0 Å². The van der Waals surface area contributed by atoms with Gasteiger partial charge in [-0.2, -0.15) is 0 Å². The summed E-state index contributed by atoms with van der Waals surface area (Å²) in [5.74, 6) is -3.11. The molecule has 2 aromatic carbocycles. The van der Waals surface area contributed by atoms with Crippen LogP contribution in [0.5, 0.6) is 5.75 Å². The number of phenols is 1. The van der Waals surface area contributed by atoms with Crippen LogP contribution in [0.25, 0.3) is 0 Å². The van der Waals surface area contributed by atoms with E-state index in [4.69, 9.17) is 0 Å². The second-order valence-electron chi connectivity index (χ2n) is 5.74. The molecule has 0 heterocycles. The molecule has 1 amide bonds. The average Bonchev–Trinajstić information content (AvgIpc) is 2.60. The van der Waals surface area contributed by atoms with Crippen molar-refractivity contribution in [2.75, 3.05) is 5.32 Å². The molecular formula is C16H16AsNO10S. The molecule has 0 aliphatic carbocycles. The quantitative estimate of drug-likeness (QED) is 0.182. The maximum absolute atomic E-state index is 12.4. The Hall–Kier alpha value is -2.63. The molecule has 0 saturated carbocycles. The molecule has 156 valence electrons. The molecule has 0 saturated heterocycles. The Balaban J connectivity index is 2.42.